The van der Waals surface area contributed by atoms with Gasteiger partial charge in [0.1, 0.15) is 0 Å². The van der Waals surface area contributed by atoms with Gasteiger partial charge in [-0.1, -0.05) is 23.8 Å². The van der Waals surface area contributed by atoms with Crippen LogP contribution in [0, 0.1) is 5.92 Å². The molecule has 1 aromatic rings. The number of halogens is 1. The third kappa shape index (κ3) is 5.06. The molecule has 0 spiro atoms. The molecule has 0 saturated carbocycles. The molecule has 126 valence electrons. The highest BCUT2D eigenvalue weighted by molar-refractivity contribution is 7.89. The number of hydrogen-bond donors (Lipinski definition) is 1. The molecule has 0 aromatic heterocycles. The van der Waals surface area contributed by atoms with E-state index in [4.69, 9.17) is 16.7 Å². The highest BCUT2D eigenvalue weighted by atomic mass is 35.5. The third-order valence-electron chi connectivity index (χ3n) is 3.86. The summed E-state index contributed by atoms with van der Waals surface area (Å²) in [6.07, 6.45) is 6.02. The van der Waals surface area contributed by atoms with Crippen molar-refractivity contribution in [1.82, 2.24) is 4.31 Å². The summed E-state index contributed by atoms with van der Waals surface area (Å²) in [5.74, 6) is -0.533. The lowest BCUT2D eigenvalue weighted by molar-refractivity contribution is -0.136. The molecule has 1 saturated heterocycles. The van der Waals surface area contributed by atoms with E-state index < -0.39 is 16.0 Å². The Labute approximate surface area is 141 Å². The van der Waals surface area contributed by atoms with E-state index in [1.54, 1.807) is 12.1 Å². The van der Waals surface area contributed by atoms with Crippen molar-refractivity contribution in [2.24, 2.45) is 5.92 Å². The molecule has 5 nitrogen and oxygen atoms in total. The fraction of sp³-hybridized carbons (Fsp3) is 0.438. The number of carboxylic acids is 1. The van der Waals surface area contributed by atoms with Gasteiger partial charge < -0.3 is 5.11 Å². The van der Waals surface area contributed by atoms with Crippen LogP contribution in [0.2, 0.25) is 5.02 Å². The van der Waals surface area contributed by atoms with Crippen molar-refractivity contribution in [2.45, 2.75) is 30.6 Å². The van der Waals surface area contributed by atoms with E-state index >= 15 is 0 Å². The van der Waals surface area contributed by atoms with Gasteiger partial charge in [0.2, 0.25) is 10.0 Å². The number of nitrogens with zero attached hydrogens (tertiary/aromatic N) is 1. The molecule has 0 radical (unpaired) electrons. The number of allylic oxidation sites excluding steroid dienone is 2. The van der Waals surface area contributed by atoms with Crippen molar-refractivity contribution in [3.63, 3.8) is 0 Å². The smallest absolute Gasteiger partial charge is 0.303 e. The van der Waals surface area contributed by atoms with Crippen LogP contribution < -0.4 is 0 Å². The van der Waals surface area contributed by atoms with Gasteiger partial charge in [-0.25, -0.2) is 8.42 Å². The molecule has 23 heavy (non-hydrogen) atoms. The van der Waals surface area contributed by atoms with Crippen LogP contribution in [-0.2, 0) is 14.8 Å². The summed E-state index contributed by atoms with van der Waals surface area (Å²) in [6, 6.07) is 6.20. The summed E-state index contributed by atoms with van der Waals surface area (Å²) < 4.78 is 26.6. The van der Waals surface area contributed by atoms with Crippen LogP contribution in [0.1, 0.15) is 25.7 Å². The maximum Gasteiger partial charge on any atom is 0.303 e. The van der Waals surface area contributed by atoms with E-state index in [9.17, 15) is 13.2 Å². The Balaban J connectivity index is 1.89. The minimum absolute atomic E-state index is 0.123. The maximum absolute atomic E-state index is 12.5. The molecule has 0 bridgehead atoms. The lowest BCUT2D eigenvalue weighted by Crippen LogP contribution is -2.28. The van der Waals surface area contributed by atoms with Crippen molar-refractivity contribution in [2.75, 3.05) is 13.1 Å². The minimum Gasteiger partial charge on any atom is -0.481 e. The zero-order valence-electron chi connectivity index (χ0n) is 12.7. The van der Waals surface area contributed by atoms with E-state index in [1.165, 1.54) is 16.4 Å². The molecular formula is C16H20ClNO4S. The summed E-state index contributed by atoms with van der Waals surface area (Å²) in [7, 11) is -3.46. The molecule has 1 aliphatic heterocycles. The first-order valence-corrected chi connectivity index (χ1v) is 9.34. The minimum atomic E-state index is -3.46. The van der Waals surface area contributed by atoms with E-state index in [0.29, 0.717) is 24.5 Å². The number of rotatable bonds is 7. The third-order valence-corrected chi connectivity index (χ3v) is 5.99. The monoisotopic (exact) mass is 357 g/mol. The van der Waals surface area contributed by atoms with E-state index in [0.717, 1.165) is 12.8 Å². The Morgan fingerprint density at radius 1 is 1.30 bits per heavy atom. The van der Waals surface area contributed by atoms with Crippen LogP contribution in [-0.4, -0.2) is 36.9 Å². The number of aliphatic carboxylic acids is 1. The summed E-state index contributed by atoms with van der Waals surface area (Å²) in [5.41, 5.74) is 0. The molecule has 2 rings (SSSR count). The predicted molar refractivity (Wildman–Crippen MR) is 88.9 cm³/mol. The Kier molecular flexibility index (Phi) is 6.21. The van der Waals surface area contributed by atoms with Crippen LogP contribution in [0.3, 0.4) is 0 Å². The molecule has 1 aliphatic rings. The van der Waals surface area contributed by atoms with Crippen LogP contribution in [0.5, 0.6) is 0 Å². The zero-order valence-corrected chi connectivity index (χ0v) is 14.3. The van der Waals surface area contributed by atoms with Gasteiger partial charge in [-0.05, 0) is 49.4 Å². The SMILES string of the molecule is O=C(O)CC/C=C\CC1CCN(S(=O)(=O)c2ccc(Cl)cc2)C1. The average molecular weight is 358 g/mol. The molecule has 1 heterocycles. The first-order valence-electron chi connectivity index (χ1n) is 7.52. The normalized spacial score (nSPS) is 19.4. The molecule has 1 N–H and O–H groups in total. The fourth-order valence-electron chi connectivity index (χ4n) is 2.58. The van der Waals surface area contributed by atoms with Gasteiger partial charge in [0, 0.05) is 24.5 Å². The molecule has 1 atom stereocenters. The number of hydrogen-bond acceptors (Lipinski definition) is 3. The van der Waals surface area contributed by atoms with Crippen molar-refractivity contribution in [3.05, 3.63) is 41.4 Å². The van der Waals surface area contributed by atoms with Gasteiger partial charge in [0.15, 0.2) is 0 Å². The first-order chi connectivity index (χ1) is 10.9. The molecular weight excluding hydrogens is 338 g/mol. The number of benzene rings is 1. The summed E-state index contributed by atoms with van der Waals surface area (Å²) in [6.45, 7) is 1.01. The molecule has 1 fully saturated rings. The Bertz CT molecular complexity index is 670. The van der Waals surface area contributed by atoms with Gasteiger partial charge in [-0.2, -0.15) is 4.31 Å². The number of carboxylic acid groups (broad SMARTS) is 1. The second-order valence-electron chi connectivity index (χ2n) is 5.61. The predicted octanol–water partition coefficient (Wildman–Crippen LogP) is 3.16. The molecule has 1 aromatic carbocycles. The summed E-state index contributed by atoms with van der Waals surface area (Å²) >= 11 is 5.79. The molecule has 1 unspecified atom stereocenters. The topological polar surface area (TPSA) is 74.7 Å². The molecule has 0 amide bonds. The lowest BCUT2D eigenvalue weighted by atomic mass is 10.0. The van der Waals surface area contributed by atoms with Gasteiger partial charge in [0.25, 0.3) is 0 Å². The van der Waals surface area contributed by atoms with Crippen molar-refractivity contribution >= 4 is 27.6 Å². The van der Waals surface area contributed by atoms with E-state index in [-0.39, 0.29) is 17.2 Å². The Morgan fingerprint density at radius 2 is 2.00 bits per heavy atom. The number of carbonyl (C=O) groups is 1. The van der Waals surface area contributed by atoms with Crippen LogP contribution in [0.4, 0.5) is 0 Å². The highest BCUT2D eigenvalue weighted by Crippen LogP contribution is 2.27. The second kappa shape index (κ2) is 7.95. The highest BCUT2D eigenvalue weighted by Gasteiger charge is 2.31. The standard InChI is InChI=1S/C16H20ClNO4S/c17-14-6-8-15(9-7-14)23(21,22)18-11-10-13(12-18)4-2-1-3-5-16(19)20/h1-2,6-9,13H,3-5,10-12H2,(H,19,20)/b2-1-. The fourth-order valence-corrected chi connectivity index (χ4v) is 4.23. The first kappa shape index (κ1) is 18.0. The van der Waals surface area contributed by atoms with Gasteiger partial charge in [-0.15, -0.1) is 0 Å². The zero-order chi connectivity index (χ0) is 16.9. The van der Waals surface area contributed by atoms with E-state index in [2.05, 4.69) is 0 Å². The second-order valence-corrected chi connectivity index (χ2v) is 7.99. The Hall–Kier alpha value is -1.37. The molecule has 0 aliphatic carbocycles. The average Bonchev–Trinajstić information content (AvgIpc) is 2.96. The lowest BCUT2D eigenvalue weighted by Gasteiger charge is -2.16. The van der Waals surface area contributed by atoms with Crippen LogP contribution >= 0.6 is 11.6 Å². The van der Waals surface area contributed by atoms with Crippen LogP contribution in [0.25, 0.3) is 0 Å². The van der Waals surface area contributed by atoms with Crippen LogP contribution in [0.15, 0.2) is 41.3 Å². The summed E-state index contributed by atoms with van der Waals surface area (Å²) in [4.78, 5) is 10.7. The largest absolute Gasteiger partial charge is 0.481 e. The summed E-state index contributed by atoms with van der Waals surface area (Å²) in [5, 5.41) is 9.07. The van der Waals surface area contributed by atoms with Crippen molar-refractivity contribution < 1.29 is 18.3 Å². The number of sulfonamides is 1. The molecule has 7 heteroatoms. The van der Waals surface area contributed by atoms with E-state index in [1.807, 2.05) is 12.2 Å². The quantitative estimate of drug-likeness (QED) is 0.760. The maximum atomic E-state index is 12.5. The van der Waals surface area contributed by atoms with Crippen molar-refractivity contribution in [3.8, 4) is 0 Å². The van der Waals surface area contributed by atoms with Crippen molar-refractivity contribution in [1.29, 1.82) is 0 Å². The Morgan fingerprint density at radius 3 is 2.65 bits per heavy atom. The van der Waals surface area contributed by atoms with Gasteiger partial charge in [-0.3, -0.25) is 4.79 Å². The van der Waals surface area contributed by atoms with Gasteiger partial charge in [0.05, 0.1) is 4.90 Å². The van der Waals surface area contributed by atoms with Gasteiger partial charge >= 0.3 is 5.97 Å².